The minimum Gasteiger partial charge on any atom is -0.508 e. The molecule has 4 heteroatoms. The van der Waals surface area contributed by atoms with Crippen LogP contribution in [0.4, 0.5) is 0 Å². The van der Waals surface area contributed by atoms with Gasteiger partial charge in [0.05, 0.1) is 24.2 Å². The van der Waals surface area contributed by atoms with E-state index in [9.17, 15) is 5.11 Å². The summed E-state index contributed by atoms with van der Waals surface area (Å²) in [6.07, 6.45) is 8.70. The van der Waals surface area contributed by atoms with Crippen molar-refractivity contribution in [3.8, 4) is 17.2 Å². The van der Waals surface area contributed by atoms with E-state index in [1.54, 1.807) is 29.1 Å². The Bertz CT molecular complexity index is 530. The lowest BCUT2D eigenvalue weighted by atomic mass is 10.3. The molecule has 0 aliphatic heterocycles. The smallest absolute Gasteiger partial charge is 0.158 e. The van der Waals surface area contributed by atoms with Crippen molar-refractivity contribution in [2.45, 2.75) is 31.8 Å². The molecule has 0 saturated heterocycles. The highest BCUT2D eigenvalue weighted by Gasteiger charge is 2.17. The first-order valence-corrected chi connectivity index (χ1v) is 6.32. The SMILES string of the molecule is Oc1cccc(-n2cc(OC3CCCC3)cn2)c1. The second kappa shape index (κ2) is 4.72. The number of hydrogen-bond acceptors (Lipinski definition) is 3. The third-order valence-electron chi connectivity index (χ3n) is 3.26. The lowest BCUT2D eigenvalue weighted by Crippen LogP contribution is -2.10. The molecule has 1 aliphatic rings. The van der Waals surface area contributed by atoms with Crippen LogP contribution >= 0.6 is 0 Å². The fraction of sp³-hybridized carbons (Fsp3) is 0.357. The molecule has 2 aromatic rings. The maximum Gasteiger partial charge on any atom is 0.158 e. The van der Waals surface area contributed by atoms with Crippen molar-refractivity contribution in [3.05, 3.63) is 36.7 Å². The first-order chi connectivity index (χ1) is 8.81. The highest BCUT2D eigenvalue weighted by molar-refractivity contribution is 5.38. The summed E-state index contributed by atoms with van der Waals surface area (Å²) in [4.78, 5) is 0. The molecule has 1 saturated carbocycles. The molecule has 0 unspecified atom stereocenters. The molecule has 3 rings (SSSR count). The van der Waals surface area contributed by atoms with Crippen LogP contribution in [0.5, 0.6) is 11.5 Å². The first-order valence-electron chi connectivity index (χ1n) is 6.32. The number of benzene rings is 1. The van der Waals surface area contributed by atoms with Gasteiger partial charge in [0.15, 0.2) is 5.75 Å². The molecule has 0 amide bonds. The number of aromatic nitrogens is 2. The van der Waals surface area contributed by atoms with Gasteiger partial charge >= 0.3 is 0 Å². The molecule has 1 aromatic carbocycles. The molecule has 4 nitrogen and oxygen atoms in total. The number of phenols is 1. The maximum absolute atomic E-state index is 9.44. The maximum atomic E-state index is 9.44. The van der Waals surface area contributed by atoms with Crippen molar-refractivity contribution < 1.29 is 9.84 Å². The lowest BCUT2D eigenvalue weighted by molar-refractivity contribution is 0.210. The number of nitrogens with zero attached hydrogens (tertiary/aromatic N) is 2. The monoisotopic (exact) mass is 244 g/mol. The van der Waals surface area contributed by atoms with Gasteiger partial charge in [-0.3, -0.25) is 0 Å². The fourth-order valence-electron chi connectivity index (χ4n) is 2.34. The summed E-state index contributed by atoms with van der Waals surface area (Å²) in [5.41, 5.74) is 0.830. The molecule has 0 atom stereocenters. The molecule has 1 aliphatic carbocycles. The Balaban J connectivity index is 1.76. The minimum absolute atomic E-state index is 0.237. The summed E-state index contributed by atoms with van der Waals surface area (Å²) in [6.45, 7) is 0. The lowest BCUT2D eigenvalue weighted by Gasteiger charge is -2.09. The van der Waals surface area contributed by atoms with Gasteiger partial charge in [0.25, 0.3) is 0 Å². The summed E-state index contributed by atoms with van der Waals surface area (Å²) in [7, 11) is 0. The molecule has 1 heterocycles. The predicted octanol–water partition coefficient (Wildman–Crippen LogP) is 2.90. The van der Waals surface area contributed by atoms with Gasteiger partial charge in [-0.25, -0.2) is 4.68 Å². The Morgan fingerprint density at radius 1 is 1.28 bits per heavy atom. The second-order valence-corrected chi connectivity index (χ2v) is 4.66. The average Bonchev–Trinajstić information content (AvgIpc) is 3.01. The van der Waals surface area contributed by atoms with E-state index in [-0.39, 0.29) is 5.75 Å². The number of aromatic hydroxyl groups is 1. The zero-order valence-corrected chi connectivity index (χ0v) is 10.1. The molecular formula is C14H16N2O2. The van der Waals surface area contributed by atoms with E-state index in [0.717, 1.165) is 24.3 Å². The average molecular weight is 244 g/mol. The fourth-order valence-corrected chi connectivity index (χ4v) is 2.34. The van der Waals surface area contributed by atoms with E-state index in [1.165, 1.54) is 12.8 Å². The summed E-state index contributed by atoms with van der Waals surface area (Å²) < 4.78 is 7.57. The van der Waals surface area contributed by atoms with E-state index in [4.69, 9.17) is 4.74 Å². The van der Waals surface area contributed by atoms with Crippen LogP contribution < -0.4 is 4.74 Å². The molecule has 18 heavy (non-hydrogen) atoms. The Kier molecular flexibility index (Phi) is 2.92. The van der Waals surface area contributed by atoms with Crippen molar-refractivity contribution in [1.82, 2.24) is 9.78 Å². The van der Waals surface area contributed by atoms with Crippen LogP contribution in [0.25, 0.3) is 5.69 Å². The minimum atomic E-state index is 0.237. The van der Waals surface area contributed by atoms with E-state index < -0.39 is 0 Å². The Morgan fingerprint density at radius 3 is 2.89 bits per heavy atom. The highest BCUT2D eigenvalue weighted by Crippen LogP contribution is 2.24. The van der Waals surface area contributed by atoms with Crippen LogP contribution in [-0.2, 0) is 0 Å². The number of rotatable bonds is 3. The quantitative estimate of drug-likeness (QED) is 0.903. The van der Waals surface area contributed by atoms with Crippen molar-refractivity contribution in [3.63, 3.8) is 0 Å². The van der Waals surface area contributed by atoms with Gasteiger partial charge in [0.1, 0.15) is 5.75 Å². The van der Waals surface area contributed by atoms with Crippen molar-refractivity contribution in [2.75, 3.05) is 0 Å². The molecule has 1 fully saturated rings. The summed E-state index contributed by atoms with van der Waals surface area (Å²) in [5.74, 6) is 1.03. The summed E-state index contributed by atoms with van der Waals surface area (Å²) in [5, 5.41) is 13.7. The van der Waals surface area contributed by atoms with Crippen LogP contribution in [0.2, 0.25) is 0 Å². The zero-order chi connectivity index (χ0) is 12.4. The van der Waals surface area contributed by atoms with Crippen LogP contribution in [0, 0.1) is 0 Å². The second-order valence-electron chi connectivity index (χ2n) is 4.66. The van der Waals surface area contributed by atoms with Gasteiger partial charge in [-0.1, -0.05) is 6.07 Å². The van der Waals surface area contributed by atoms with Gasteiger partial charge in [-0.15, -0.1) is 0 Å². The molecular weight excluding hydrogens is 228 g/mol. The Hall–Kier alpha value is -1.97. The van der Waals surface area contributed by atoms with Gasteiger partial charge in [-0.2, -0.15) is 5.10 Å². The topological polar surface area (TPSA) is 47.3 Å². The third-order valence-corrected chi connectivity index (χ3v) is 3.26. The largest absolute Gasteiger partial charge is 0.508 e. The molecule has 94 valence electrons. The van der Waals surface area contributed by atoms with Crippen LogP contribution in [0.1, 0.15) is 25.7 Å². The molecule has 0 spiro atoms. The molecule has 0 bridgehead atoms. The molecule has 0 radical (unpaired) electrons. The van der Waals surface area contributed by atoms with Crippen LogP contribution in [0.3, 0.4) is 0 Å². The van der Waals surface area contributed by atoms with Crippen LogP contribution in [-0.4, -0.2) is 21.0 Å². The highest BCUT2D eigenvalue weighted by atomic mass is 16.5. The van der Waals surface area contributed by atoms with Gasteiger partial charge in [0, 0.05) is 6.07 Å². The van der Waals surface area contributed by atoms with E-state index in [1.807, 2.05) is 12.3 Å². The normalized spacial score (nSPS) is 16.0. The predicted molar refractivity (Wildman–Crippen MR) is 68.1 cm³/mol. The number of hydrogen-bond donors (Lipinski definition) is 1. The Morgan fingerprint density at radius 2 is 2.11 bits per heavy atom. The summed E-state index contributed by atoms with van der Waals surface area (Å²) in [6, 6.07) is 7.01. The first kappa shape index (κ1) is 11.1. The summed E-state index contributed by atoms with van der Waals surface area (Å²) >= 11 is 0. The van der Waals surface area contributed by atoms with Gasteiger partial charge < -0.3 is 9.84 Å². The zero-order valence-electron chi connectivity index (χ0n) is 10.1. The van der Waals surface area contributed by atoms with Gasteiger partial charge in [-0.05, 0) is 37.8 Å². The van der Waals surface area contributed by atoms with Crippen molar-refractivity contribution >= 4 is 0 Å². The van der Waals surface area contributed by atoms with Crippen LogP contribution in [0.15, 0.2) is 36.7 Å². The number of ether oxygens (including phenoxy) is 1. The number of phenolic OH excluding ortho intramolecular Hbond substituents is 1. The standard InChI is InChI=1S/C14H16N2O2/c17-12-5-3-4-11(8-12)16-10-14(9-15-16)18-13-6-1-2-7-13/h3-5,8-10,13,17H,1-2,6-7H2. The van der Waals surface area contributed by atoms with E-state index in [0.29, 0.717) is 6.10 Å². The van der Waals surface area contributed by atoms with Crippen molar-refractivity contribution in [1.29, 1.82) is 0 Å². The molecule has 1 N–H and O–H groups in total. The van der Waals surface area contributed by atoms with Gasteiger partial charge in [0.2, 0.25) is 0 Å². The van der Waals surface area contributed by atoms with Crippen molar-refractivity contribution in [2.24, 2.45) is 0 Å². The van der Waals surface area contributed by atoms with E-state index >= 15 is 0 Å². The van der Waals surface area contributed by atoms with E-state index in [2.05, 4.69) is 5.10 Å². The molecule has 1 aromatic heterocycles. The third kappa shape index (κ3) is 2.32. The Labute approximate surface area is 106 Å².